The summed E-state index contributed by atoms with van der Waals surface area (Å²) in [6.45, 7) is 2.34. The number of carbonyl (C=O) groups is 3. The Kier molecular flexibility index (Phi) is 9.18. The van der Waals surface area contributed by atoms with Gasteiger partial charge in [0.1, 0.15) is 0 Å². The van der Waals surface area contributed by atoms with Crippen LogP contribution in [0.2, 0.25) is 0 Å². The molecule has 30 heavy (non-hydrogen) atoms. The second kappa shape index (κ2) is 12.1. The van der Waals surface area contributed by atoms with Gasteiger partial charge < -0.3 is 24.3 Å². The number of esters is 2. The molecule has 0 aromatic heterocycles. The average molecular weight is 415 g/mol. The summed E-state index contributed by atoms with van der Waals surface area (Å²) in [6, 6.07) is 13.5. The van der Waals surface area contributed by atoms with Crippen LogP contribution in [0.5, 0.6) is 11.5 Å². The summed E-state index contributed by atoms with van der Waals surface area (Å²) in [5.74, 6) is -0.166. The van der Waals surface area contributed by atoms with Gasteiger partial charge in [-0.1, -0.05) is 12.1 Å². The molecule has 0 aliphatic rings. The third-order valence-electron chi connectivity index (χ3n) is 3.89. The minimum atomic E-state index is -0.493. The lowest BCUT2D eigenvalue weighted by molar-refractivity contribution is -0.147. The van der Waals surface area contributed by atoms with Gasteiger partial charge in [-0.15, -0.1) is 0 Å². The number of hydrogen-bond acceptors (Lipinski definition) is 7. The molecular formula is C22H25NO7. The van der Waals surface area contributed by atoms with E-state index in [9.17, 15) is 14.4 Å². The number of anilines is 1. The summed E-state index contributed by atoms with van der Waals surface area (Å²) in [6.07, 6.45) is 0.563. The molecule has 1 N–H and O–H groups in total. The van der Waals surface area contributed by atoms with E-state index < -0.39 is 24.5 Å². The Hall–Kier alpha value is -3.55. The first kappa shape index (κ1) is 22.7. The van der Waals surface area contributed by atoms with Gasteiger partial charge >= 0.3 is 11.9 Å². The predicted octanol–water partition coefficient (Wildman–Crippen LogP) is 3.21. The largest absolute Gasteiger partial charge is 0.490 e. The number of ether oxygens (including phenoxy) is 4. The molecule has 8 nitrogen and oxygen atoms in total. The fraction of sp³-hybridized carbons (Fsp3) is 0.318. The number of amides is 1. The number of carbonyl (C=O) groups excluding carboxylic acids is 3. The second-order valence-corrected chi connectivity index (χ2v) is 6.11. The fourth-order valence-electron chi connectivity index (χ4n) is 2.47. The topological polar surface area (TPSA) is 100 Å². The lowest BCUT2D eigenvalue weighted by Gasteiger charge is -2.11. The first-order valence-electron chi connectivity index (χ1n) is 9.52. The van der Waals surface area contributed by atoms with E-state index >= 15 is 0 Å². The highest BCUT2D eigenvalue weighted by Crippen LogP contribution is 2.26. The van der Waals surface area contributed by atoms with Crippen molar-refractivity contribution >= 4 is 23.5 Å². The molecule has 0 fully saturated rings. The highest BCUT2D eigenvalue weighted by Gasteiger charge is 2.10. The smallest absolute Gasteiger partial charge is 0.337 e. The van der Waals surface area contributed by atoms with Gasteiger partial charge in [0.2, 0.25) is 0 Å². The molecule has 0 radical (unpaired) electrons. The maximum Gasteiger partial charge on any atom is 0.337 e. The number of para-hydroxylation sites is 2. The summed E-state index contributed by atoms with van der Waals surface area (Å²) in [4.78, 5) is 35.1. The zero-order valence-corrected chi connectivity index (χ0v) is 17.0. The molecule has 2 aromatic carbocycles. The molecule has 2 rings (SSSR count). The van der Waals surface area contributed by atoms with Crippen LogP contribution in [-0.2, 0) is 19.1 Å². The van der Waals surface area contributed by atoms with Crippen LogP contribution < -0.4 is 14.8 Å². The van der Waals surface area contributed by atoms with Crippen molar-refractivity contribution in [1.29, 1.82) is 0 Å². The van der Waals surface area contributed by atoms with Gasteiger partial charge in [0.05, 0.1) is 25.9 Å². The van der Waals surface area contributed by atoms with E-state index in [4.69, 9.17) is 14.2 Å². The SMILES string of the molecule is CCOc1ccccc1OCCCC(=O)OCC(=O)Nc1ccc(C(=O)OC)cc1. The van der Waals surface area contributed by atoms with Crippen molar-refractivity contribution in [3.63, 3.8) is 0 Å². The molecule has 8 heteroatoms. The lowest BCUT2D eigenvalue weighted by atomic mass is 10.2. The Labute approximate surface area is 175 Å². The van der Waals surface area contributed by atoms with Crippen molar-refractivity contribution < 1.29 is 33.3 Å². The van der Waals surface area contributed by atoms with Gasteiger partial charge in [-0.2, -0.15) is 0 Å². The quantitative estimate of drug-likeness (QED) is 0.444. The zero-order valence-electron chi connectivity index (χ0n) is 17.0. The van der Waals surface area contributed by atoms with E-state index in [0.29, 0.717) is 42.4 Å². The Morgan fingerprint density at radius 2 is 1.60 bits per heavy atom. The summed E-state index contributed by atoms with van der Waals surface area (Å²) < 4.78 is 20.7. The summed E-state index contributed by atoms with van der Waals surface area (Å²) in [7, 11) is 1.29. The molecular weight excluding hydrogens is 390 g/mol. The molecule has 0 saturated heterocycles. The van der Waals surface area contributed by atoms with Crippen molar-refractivity contribution in [3.8, 4) is 11.5 Å². The average Bonchev–Trinajstić information content (AvgIpc) is 2.76. The van der Waals surface area contributed by atoms with Gasteiger partial charge in [0.25, 0.3) is 5.91 Å². The van der Waals surface area contributed by atoms with E-state index in [-0.39, 0.29) is 6.42 Å². The summed E-state index contributed by atoms with van der Waals surface area (Å²) in [5.41, 5.74) is 0.845. The summed E-state index contributed by atoms with van der Waals surface area (Å²) >= 11 is 0. The highest BCUT2D eigenvalue weighted by molar-refractivity contribution is 5.94. The second-order valence-electron chi connectivity index (χ2n) is 6.11. The molecule has 2 aromatic rings. The molecule has 0 aliphatic carbocycles. The normalized spacial score (nSPS) is 10.1. The van der Waals surface area contributed by atoms with E-state index in [0.717, 1.165) is 0 Å². The third-order valence-corrected chi connectivity index (χ3v) is 3.89. The van der Waals surface area contributed by atoms with Crippen LogP contribution in [0, 0.1) is 0 Å². The zero-order chi connectivity index (χ0) is 21.8. The minimum Gasteiger partial charge on any atom is -0.490 e. The Bertz CT molecular complexity index is 849. The lowest BCUT2D eigenvalue weighted by Crippen LogP contribution is -2.21. The Morgan fingerprint density at radius 1 is 0.933 bits per heavy atom. The fourth-order valence-corrected chi connectivity index (χ4v) is 2.47. The predicted molar refractivity (Wildman–Crippen MR) is 110 cm³/mol. The van der Waals surface area contributed by atoms with Crippen molar-refractivity contribution in [2.45, 2.75) is 19.8 Å². The van der Waals surface area contributed by atoms with Gasteiger partial charge in [0, 0.05) is 12.1 Å². The Morgan fingerprint density at radius 3 is 2.23 bits per heavy atom. The Balaban J connectivity index is 1.66. The van der Waals surface area contributed by atoms with E-state index in [2.05, 4.69) is 10.1 Å². The van der Waals surface area contributed by atoms with Crippen molar-refractivity contribution in [3.05, 3.63) is 54.1 Å². The molecule has 0 bridgehead atoms. The maximum absolute atomic E-state index is 11.9. The minimum absolute atomic E-state index is 0.123. The summed E-state index contributed by atoms with van der Waals surface area (Å²) in [5, 5.41) is 2.58. The van der Waals surface area contributed by atoms with Crippen molar-refractivity contribution in [2.24, 2.45) is 0 Å². The van der Waals surface area contributed by atoms with Crippen LogP contribution in [0.3, 0.4) is 0 Å². The van der Waals surface area contributed by atoms with Crippen LogP contribution in [0.1, 0.15) is 30.1 Å². The first-order valence-corrected chi connectivity index (χ1v) is 9.52. The van der Waals surface area contributed by atoms with Gasteiger partial charge in [-0.05, 0) is 49.7 Å². The third kappa shape index (κ3) is 7.46. The molecule has 0 heterocycles. The molecule has 0 saturated carbocycles. The molecule has 0 atom stereocenters. The maximum atomic E-state index is 11.9. The standard InChI is InChI=1S/C22H25NO7/c1-3-28-18-7-4-5-8-19(18)29-14-6-9-21(25)30-15-20(24)23-17-12-10-16(11-13-17)22(26)27-2/h4-5,7-8,10-13H,3,6,9,14-15H2,1-2H3,(H,23,24). The number of nitrogens with one attached hydrogen (secondary N) is 1. The molecule has 160 valence electrons. The number of hydrogen-bond donors (Lipinski definition) is 1. The molecule has 1 amide bonds. The highest BCUT2D eigenvalue weighted by atomic mass is 16.5. The monoisotopic (exact) mass is 415 g/mol. The van der Waals surface area contributed by atoms with Gasteiger partial charge in [-0.3, -0.25) is 9.59 Å². The van der Waals surface area contributed by atoms with E-state index in [1.807, 2.05) is 25.1 Å². The van der Waals surface area contributed by atoms with Crippen LogP contribution >= 0.6 is 0 Å². The van der Waals surface area contributed by atoms with Crippen LogP contribution in [0.25, 0.3) is 0 Å². The molecule has 0 unspecified atom stereocenters. The number of benzene rings is 2. The van der Waals surface area contributed by atoms with Crippen molar-refractivity contribution in [2.75, 3.05) is 32.2 Å². The molecule has 0 spiro atoms. The number of rotatable bonds is 11. The van der Waals surface area contributed by atoms with Gasteiger partial charge in [-0.25, -0.2) is 4.79 Å². The van der Waals surface area contributed by atoms with Crippen LogP contribution in [0.15, 0.2) is 48.5 Å². The van der Waals surface area contributed by atoms with E-state index in [1.165, 1.54) is 19.2 Å². The van der Waals surface area contributed by atoms with Crippen molar-refractivity contribution in [1.82, 2.24) is 0 Å². The molecule has 0 aliphatic heterocycles. The van der Waals surface area contributed by atoms with Gasteiger partial charge in [0.15, 0.2) is 18.1 Å². The number of methoxy groups -OCH3 is 1. The van der Waals surface area contributed by atoms with Crippen LogP contribution in [0.4, 0.5) is 5.69 Å². The first-order chi connectivity index (χ1) is 14.5. The van der Waals surface area contributed by atoms with E-state index in [1.54, 1.807) is 18.2 Å². The van der Waals surface area contributed by atoms with Crippen LogP contribution in [-0.4, -0.2) is 44.8 Å².